The monoisotopic (exact) mass is 249 g/mol. The van der Waals surface area contributed by atoms with Gasteiger partial charge in [-0.3, -0.25) is 4.79 Å². The fourth-order valence-corrected chi connectivity index (χ4v) is 1.22. The van der Waals surface area contributed by atoms with Gasteiger partial charge in [0.1, 0.15) is 0 Å². The van der Waals surface area contributed by atoms with Gasteiger partial charge in [-0.1, -0.05) is 45.9 Å². The van der Waals surface area contributed by atoms with Crippen molar-refractivity contribution < 1.29 is 14.4 Å². The maximum atomic E-state index is 12.1. The zero-order valence-electron chi connectivity index (χ0n) is 11.2. The van der Waals surface area contributed by atoms with E-state index in [0.717, 1.165) is 5.06 Å². The largest absolute Gasteiger partial charge is 0.335 e. The predicted octanol–water partition coefficient (Wildman–Crippen LogP) is 2.79. The number of hydroxylamine groups is 1. The zero-order valence-corrected chi connectivity index (χ0v) is 11.2. The number of rotatable bonds is 3. The van der Waals surface area contributed by atoms with Gasteiger partial charge in [-0.15, -0.1) is 5.06 Å². The molecule has 0 aliphatic rings. The van der Waals surface area contributed by atoms with Crippen molar-refractivity contribution in [2.45, 2.75) is 27.7 Å². The van der Waals surface area contributed by atoms with Crippen molar-refractivity contribution in [3.05, 3.63) is 30.3 Å². The Balaban J connectivity index is 2.96. The molecule has 0 atom stereocenters. The molecule has 0 bridgehead atoms. The summed E-state index contributed by atoms with van der Waals surface area (Å²) >= 11 is 0. The SMILES string of the molecule is CC(C)C(=O)ON(C(=O)C(C)C)c1ccccc1. The second-order valence-corrected chi connectivity index (χ2v) is 4.69. The number of hydrogen-bond donors (Lipinski definition) is 0. The zero-order chi connectivity index (χ0) is 13.7. The van der Waals surface area contributed by atoms with Crippen molar-refractivity contribution in [1.82, 2.24) is 0 Å². The van der Waals surface area contributed by atoms with Crippen LogP contribution < -0.4 is 5.06 Å². The standard InChI is InChI=1S/C14H19NO3/c1-10(2)13(16)15(18-14(17)11(3)4)12-8-6-5-7-9-12/h5-11H,1-4H3. The molecular formula is C14H19NO3. The van der Waals surface area contributed by atoms with Gasteiger partial charge in [0.15, 0.2) is 0 Å². The fourth-order valence-electron chi connectivity index (χ4n) is 1.22. The molecule has 0 aliphatic heterocycles. The van der Waals surface area contributed by atoms with Crippen molar-refractivity contribution in [1.29, 1.82) is 0 Å². The molecule has 4 heteroatoms. The molecule has 0 saturated carbocycles. The van der Waals surface area contributed by atoms with E-state index in [2.05, 4.69) is 0 Å². The van der Waals surface area contributed by atoms with E-state index in [1.54, 1.807) is 52.0 Å². The van der Waals surface area contributed by atoms with Gasteiger partial charge in [0.25, 0.3) is 5.91 Å². The van der Waals surface area contributed by atoms with Crippen molar-refractivity contribution in [3.8, 4) is 0 Å². The van der Waals surface area contributed by atoms with Crippen LogP contribution in [0.15, 0.2) is 30.3 Å². The minimum Gasteiger partial charge on any atom is -0.333 e. The summed E-state index contributed by atoms with van der Waals surface area (Å²) in [4.78, 5) is 28.9. The topological polar surface area (TPSA) is 46.6 Å². The summed E-state index contributed by atoms with van der Waals surface area (Å²) in [5, 5.41) is 1.08. The molecule has 0 fully saturated rings. The number of nitrogens with zero attached hydrogens (tertiary/aromatic N) is 1. The molecule has 98 valence electrons. The lowest BCUT2D eigenvalue weighted by Crippen LogP contribution is -2.37. The van der Waals surface area contributed by atoms with Crippen LogP contribution in [0.3, 0.4) is 0 Å². The summed E-state index contributed by atoms with van der Waals surface area (Å²) in [7, 11) is 0. The van der Waals surface area contributed by atoms with E-state index in [0.29, 0.717) is 5.69 Å². The lowest BCUT2D eigenvalue weighted by Gasteiger charge is -2.23. The molecule has 4 nitrogen and oxygen atoms in total. The van der Waals surface area contributed by atoms with E-state index >= 15 is 0 Å². The third kappa shape index (κ3) is 3.58. The van der Waals surface area contributed by atoms with Gasteiger partial charge in [0.05, 0.1) is 11.6 Å². The molecule has 1 aromatic rings. The molecule has 0 saturated heterocycles. The van der Waals surface area contributed by atoms with Crippen molar-refractivity contribution >= 4 is 17.6 Å². The second-order valence-electron chi connectivity index (χ2n) is 4.69. The first-order valence-electron chi connectivity index (χ1n) is 6.04. The maximum Gasteiger partial charge on any atom is 0.335 e. The molecule has 1 rings (SSSR count). The highest BCUT2D eigenvalue weighted by Crippen LogP contribution is 2.18. The predicted molar refractivity (Wildman–Crippen MR) is 69.7 cm³/mol. The van der Waals surface area contributed by atoms with Gasteiger partial charge >= 0.3 is 5.97 Å². The summed E-state index contributed by atoms with van der Waals surface area (Å²) in [6.45, 7) is 6.99. The van der Waals surface area contributed by atoms with E-state index in [-0.39, 0.29) is 17.7 Å². The van der Waals surface area contributed by atoms with Crippen LogP contribution in [0, 0.1) is 11.8 Å². The van der Waals surface area contributed by atoms with Crippen molar-refractivity contribution in [2.75, 3.05) is 5.06 Å². The first kappa shape index (κ1) is 14.2. The highest BCUT2D eigenvalue weighted by Gasteiger charge is 2.24. The number of para-hydroxylation sites is 1. The average Bonchev–Trinajstić information content (AvgIpc) is 2.35. The number of anilines is 1. The normalized spacial score (nSPS) is 10.6. The highest BCUT2D eigenvalue weighted by atomic mass is 16.7. The minimum absolute atomic E-state index is 0.241. The number of amides is 1. The van der Waals surface area contributed by atoms with Gasteiger partial charge in [0.2, 0.25) is 0 Å². The molecule has 0 heterocycles. The Kier molecular flexibility index (Phi) is 4.89. The maximum absolute atomic E-state index is 12.1. The Bertz CT molecular complexity index is 412. The van der Waals surface area contributed by atoms with Crippen LogP contribution in [0.1, 0.15) is 27.7 Å². The average molecular weight is 249 g/mol. The van der Waals surface area contributed by atoms with E-state index in [1.807, 2.05) is 6.07 Å². The molecule has 0 aliphatic carbocycles. The van der Waals surface area contributed by atoms with Crippen LogP contribution >= 0.6 is 0 Å². The Labute approximate surface area is 108 Å². The van der Waals surface area contributed by atoms with Gasteiger partial charge in [0, 0.05) is 5.92 Å². The first-order valence-corrected chi connectivity index (χ1v) is 6.04. The van der Waals surface area contributed by atoms with E-state index in [4.69, 9.17) is 4.84 Å². The minimum atomic E-state index is -0.423. The number of hydrogen-bond acceptors (Lipinski definition) is 3. The van der Waals surface area contributed by atoms with Gasteiger partial charge < -0.3 is 4.84 Å². The summed E-state index contributed by atoms with van der Waals surface area (Å²) in [6.07, 6.45) is 0. The van der Waals surface area contributed by atoms with Crippen LogP contribution in [0.5, 0.6) is 0 Å². The van der Waals surface area contributed by atoms with E-state index in [1.165, 1.54) is 0 Å². The quantitative estimate of drug-likeness (QED) is 0.774. The second kappa shape index (κ2) is 6.19. The Hall–Kier alpha value is -1.84. The van der Waals surface area contributed by atoms with Crippen molar-refractivity contribution in [3.63, 3.8) is 0 Å². The number of carbonyl (C=O) groups excluding carboxylic acids is 2. The molecular weight excluding hydrogens is 230 g/mol. The first-order chi connectivity index (χ1) is 8.43. The van der Waals surface area contributed by atoms with Crippen LogP contribution in [0.2, 0.25) is 0 Å². The molecule has 1 aromatic carbocycles. The van der Waals surface area contributed by atoms with Crippen LogP contribution in [-0.4, -0.2) is 11.9 Å². The highest BCUT2D eigenvalue weighted by molar-refractivity contribution is 5.94. The Morgan fingerprint density at radius 1 is 1.00 bits per heavy atom. The Morgan fingerprint density at radius 3 is 2.00 bits per heavy atom. The van der Waals surface area contributed by atoms with E-state index < -0.39 is 5.97 Å². The van der Waals surface area contributed by atoms with E-state index in [9.17, 15) is 9.59 Å². The van der Waals surface area contributed by atoms with Gasteiger partial charge in [-0.25, -0.2) is 4.79 Å². The Morgan fingerprint density at radius 2 is 1.56 bits per heavy atom. The third-order valence-electron chi connectivity index (χ3n) is 2.34. The summed E-state index contributed by atoms with van der Waals surface area (Å²) in [5.74, 6) is -1.19. The van der Waals surface area contributed by atoms with Crippen LogP contribution in [0.25, 0.3) is 0 Å². The molecule has 18 heavy (non-hydrogen) atoms. The van der Waals surface area contributed by atoms with Gasteiger partial charge in [-0.05, 0) is 12.1 Å². The molecule has 0 radical (unpaired) electrons. The summed E-state index contributed by atoms with van der Waals surface area (Å²) in [6, 6.07) is 8.88. The lowest BCUT2D eigenvalue weighted by atomic mass is 10.2. The van der Waals surface area contributed by atoms with Gasteiger partial charge in [-0.2, -0.15) is 0 Å². The molecule has 0 aromatic heterocycles. The fraction of sp³-hybridized carbons (Fsp3) is 0.429. The number of benzene rings is 1. The molecule has 0 N–H and O–H groups in total. The lowest BCUT2D eigenvalue weighted by molar-refractivity contribution is -0.154. The third-order valence-corrected chi connectivity index (χ3v) is 2.34. The number of carbonyl (C=O) groups is 2. The summed E-state index contributed by atoms with van der Waals surface area (Å²) < 4.78 is 0. The smallest absolute Gasteiger partial charge is 0.333 e. The van der Waals surface area contributed by atoms with Crippen molar-refractivity contribution in [2.24, 2.45) is 11.8 Å². The molecule has 1 amide bonds. The van der Waals surface area contributed by atoms with Crippen LogP contribution in [-0.2, 0) is 14.4 Å². The molecule has 0 spiro atoms. The molecule has 0 unspecified atom stereocenters. The van der Waals surface area contributed by atoms with Crippen LogP contribution in [0.4, 0.5) is 5.69 Å². The summed E-state index contributed by atoms with van der Waals surface area (Å²) in [5.41, 5.74) is 0.560.